The van der Waals surface area contributed by atoms with E-state index in [2.05, 4.69) is 34.3 Å². The molecule has 0 bridgehead atoms. The maximum absolute atomic E-state index is 14.2. The van der Waals surface area contributed by atoms with E-state index in [9.17, 15) is 24.6 Å². The van der Waals surface area contributed by atoms with E-state index in [1.807, 2.05) is 19.9 Å². The first-order valence-electron chi connectivity index (χ1n) is 13.4. The number of allylic oxidation sites excluding steroid dienone is 3. The number of fused-ring (bicyclic) bond motifs is 5. The number of carbonyl (C=O) groups is 3. The van der Waals surface area contributed by atoms with Crippen LogP contribution in [0.4, 0.5) is 0 Å². The highest BCUT2D eigenvalue weighted by Crippen LogP contribution is 2.73. The highest BCUT2D eigenvalue weighted by molar-refractivity contribution is 5.95. The summed E-state index contributed by atoms with van der Waals surface area (Å²) in [6.45, 7) is 17.2. The molecule has 0 aromatic carbocycles. The molecule has 4 aliphatic carbocycles. The van der Waals surface area contributed by atoms with Crippen molar-refractivity contribution in [1.82, 2.24) is 0 Å². The van der Waals surface area contributed by atoms with Gasteiger partial charge in [-0.25, -0.2) is 0 Å². The molecule has 5 heteroatoms. The molecule has 4 aliphatic rings. The van der Waals surface area contributed by atoms with Gasteiger partial charge in [0, 0.05) is 12.3 Å². The predicted molar refractivity (Wildman–Crippen MR) is 136 cm³/mol. The minimum Gasteiger partial charge on any atom is -0.481 e. The number of carbonyl (C=O) groups excluding carboxylic acids is 1. The van der Waals surface area contributed by atoms with Crippen LogP contribution in [0.1, 0.15) is 99.3 Å². The first-order valence-corrected chi connectivity index (χ1v) is 13.4. The van der Waals surface area contributed by atoms with E-state index >= 15 is 0 Å². The Bertz CT molecular complexity index is 1010. The second kappa shape index (κ2) is 8.05. The Hall–Kier alpha value is -1.91. The summed E-state index contributed by atoms with van der Waals surface area (Å²) in [6.07, 6.45) is 8.38. The summed E-state index contributed by atoms with van der Waals surface area (Å²) in [7, 11) is 0. The van der Waals surface area contributed by atoms with Crippen LogP contribution in [-0.2, 0) is 14.4 Å². The van der Waals surface area contributed by atoms with Gasteiger partial charge < -0.3 is 10.2 Å². The van der Waals surface area contributed by atoms with Crippen LogP contribution in [0.25, 0.3) is 0 Å². The van der Waals surface area contributed by atoms with E-state index in [0.29, 0.717) is 19.3 Å². The average Bonchev–Trinajstić information content (AvgIpc) is 2.75. The van der Waals surface area contributed by atoms with Gasteiger partial charge in [-0.15, -0.1) is 0 Å². The summed E-state index contributed by atoms with van der Waals surface area (Å²) < 4.78 is 0. The molecule has 5 nitrogen and oxygen atoms in total. The maximum atomic E-state index is 14.2. The van der Waals surface area contributed by atoms with Crippen LogP contribution in [0, 0.1) is 44.8 Å². The Morgan fingerprint density at radius 1 is 1.03 bits per heavy atom. The molecule has 8 atom stereocenters. The van der Waals surface area contributed by atoms with Crippen LogP contribution in [0.2, 0.25) is 0 Å². The summed E-state index contributed by atoms with van der Waals surface area (Å²) >= 11 is 0. The molecular weight excluding hydrogens is 440 g/mol. The normalized spacial score (nSPS) is 47.1. The number of ketones is 1. The number of aliphatic carboxylic acids is 2. The van der Waals surface area contributed by atoms with E-state index in [4.69, 9.17) is 0 Å². The Morgan fingerprint density at radius 2 is 1.66 bits per heavy atom. The summed E-state index contributed by atoms with van der Waals surface area (Å²) in [6, 6.07) is 0. The van der Waals surface area contributed by atoms with E-state index in [0.717, 1.165) is 37.7 Å². The third kappa shape index (κ3) is 3.58. The average molecular weight is 485 g/mol. The topological polar surface area (TPSA) is 91.7 Å². The Balaban J connectivity index is 1.85. The second-order valence-electron chi connectivity index (χ2n) is 13.8. The largest absolute Gasteiger partial charge is 0.481 e. The fourth-order valence-electron chi connectivity index (χ4n) is 9.27. The van der Waals surface area contributed by atoms with Crippen molar-refractivity contribution in [3.8, 4) is 0 Å². The lowest BCUT2D eigenvalue weighted by Crippen LogP contribution is -2.63. The molecule has 2 N–H and O–H groups in total. The molecule has 0 heterocycles. The molecule has 0 saturated heterocycles. The first kappa shape index (κ1) is 26.2. The van der Waals surface area contributed by atoms with Gasteiger partial charge in [-0.05, 0) is 105 Å². The van der Waals surface area contributed by atoms with Gasteiger partial charge in [0.1, 0.15) is 0 Å². The van der Waals surface area contributed by atoms with E-state index in [1.54, 1.807) is 0 Å². The third-order valence-corrected chi connectivity index (χ3v) is 11.8. The van der Waals surface area contributed by atoms with Gasteiger partial charge in [-0.2, -0.15) is 0 Å². The Labute approximate surface area is 210 Å². The van der Waals surface area contributed by atoms with Crippen molar-refractivity contribution in [2.45, 2.75) is 99.3 Å². The summed E-state index contributed by atoms with van der Waals surface area (Å²) in [5.41, 5.74) is 0.485. The lowest BCUT2D eigenvalue weighted by Gasteiger charge is -2.68. The highest BCUT2D eigenvalue weighted by atomic mass is 16.4. The molecule has 0 amide bonds. The van der Waals surface area contributed by atoms with Gasteiger partial charge in [-0.3, -0.25) is 14.4 Å². The molecule has 0 spiro atoms. The van der Waals surface area contributed by atoms with Crippen LogP contribution in [0.15, 0.2) is 23.8 Å². The van der Waals surface area contributed by atoms with Crippen LogP contribution in [0.5, 0.6) is 0 Å². The molecule has 194 valence electrons. The van der Waals surface area contributed by atoms with E-state index < -0.39 is 22.8 Å². The summed E-state index contributed by atoms with van der Waals surface area (Å²) in [5, 5.41) is 19.6. The molecular formula is C30H44O5. The lowest BCUT2D eigenvalue weighted by molar-refractivity contribution is -0.167. The van der Waals surface area contributed by atoms with Gasteiger partial charge in [0.2, 0.25) is 0 Å². The molecule has 4 rings (SSSR count). The van der Waals surface area contributed by atoms with Gasteiger partial charge in [0.15, 0.2) is 5.78 Å². The first-order chi connectivity index (χ1) is 16.0. The molecule has 0 aromatic rings. The predicted octanol–water partition coefficient (Wildman–Crippen LogP) is 6.67. The van der Waals surface area contributed by atoms with Crippen LogP contribution in [0.3, 0.4) is 0 Å². The zero-order valence-electron chi connectivity index (χ0n) is 22.5. The van der Waals surface area contributed by atoms with E-state index in [1.165, 1.54) is 5.57 Å². The standard InChI is InChI=1S/C30H44O5/c1-18(2)19-8-11-30(7)24(28(19,5)10-9-23(32)33)22(31)16-20-21-17-27(4,25(34)35)13-12-26(21,3)14-15-29(20,30)6/h16,19,21,24H,1,8-15,17H2,2-7H3,(H,32,33)(H,34,35)/t19?,21-,24?,26+,27-,28-,29+,30+/m0/s1. The van der Waals surface area contributed by atoms with E-state index in [-0.39, 0.29) is 46.2 Å². The smallest absolute Gasteiger partial charge is 0.309 e. The van der Waals surface area contributed by atoms with Gasteiger partial charge >= 0.3 is 11.9 Å². The number of carboxylic acids is 2. The van der Waals surface area contributed by atoms with Gasteiger partial charge in [0.05, 0.1) is 5.41 Å². The molecule has 2 unspecified atom stereocenters. The van der Waals surface area contributed by atoms with Crippen molar-refractivity contribution < 1.29 is 24.6 Å². The quantitative estimate of drug-likeness (QED) is 0.425. The van der Waals surface area contributed by atoms with Crippen molar-refractivity contribution in [3.63, 3.8) is 0 Å². The molecule has 0 aromatic heterocycles. The summed E-state index contributed by atoms with van der Waals surface area (Å²) in [5.74, 6) is -1.51. The second-order valence-corrected chi connectivity index (χ2v) is 13.8. The SMILES string of the molecule is C=C(C)C1CC[C@]2(C)C(C(=O)C=C3[C@@H]4C[C@@](C)(C(=O)O)CC[C@]4(C)CC[C@]32C)[C@@]1(C)CCC(=O)O. The number of rotatable bonds is 5. The fraction of sp³-hybridized carbons (Fsp3) is 0.767. The van der Waals surface area contributed by atoms with Gasteiger partial charge in [-0.1, -0.05) is 45.4 Å². The fourth-order valence-corrected chi connectivity index (χ4v) is 9.27. The number of hydrogen-bond donors (Lipinski definition) is 2. The van der Waals surface area contributed by atoms with Crippen LogP contribution < -0.4 is 0 Å². The number of hydrogen-bond acceptors (Lipinski definition) is 3. The Morgan fingerprint density at radius 3 is 2.23 bits per heavy atom. The number of carboxylic acid groups (broad SMARTS) is 2. The van der Waals surface area contributed by atoms with Crippen LogP contribution >= 0.6 is 0 Å². The highest BCUT2D eigenvalue weighted by Gasteiger charge is 2.68. The van der Waals surface area contributed by atoms with Crippen molar-refractivity contribution in [3.05, 3.63) is 23.8 Å². The van der Waals surface area contributed by atoms with Crippen molar-refractivity contribution >= 4 is 17.7 Å². The Kier molecular flexibility index (Phi) is 6.01. The maximum Gasteiger partial charge on any atom is 0.309 e. The molecule has 3 saturated carbocycles. The minimum absolute atomic E-state index is 0.0191. The molecule has 0 aliphatic heterocycles. The monoisotopic (exact) mass is 484 g/mol. The zero-order valence-corrected chi connectivity index (χ0v) is 22.5. The lowest BCUT2D eigenvalue weighted by atomic mass is 9.35. The zero-order chi connectivity index (χ0) is 26.2. The minimum atomic E-state index is -0.826. The van der Waals surface area contributed by atoms with Crippen molar-refractivity contribution in [2.24, 2.45) is 44.8 Å². The summed E-state index contributed by atoms with van der Waals surface area (Å²) in [4.78, 5) is 38.0. The van der Waals surface area contributed by atoms with Crippen molar-refractivity contribution in [2.75, 3.05) is 0 Å². The third-order valence-electron chi connectivity index (χ3n) is 11.8. The van der Waals surface area contributed by atoms with Crippen molar-refractivity contribution in [1.29, 1.82) is 0 Å². The van der Waals surface area contributed by atoms with Gasteiger partial charge in [0.25, 0.3) is 0 Å². The molecule has 3 fully saturated rings. The molecule has 35 heavy (non-hydrogen) atoms. The van der Waals surface area contributed by atoms with Crippen LogP contribution in [-0.4, -0.2) is 27.9 Å². The molecule has 0 radical (unpaired) electrons.